The highest BCUT2D eigenvalue weighted by Crippen LogP contribution is 2.18. The van der Waals surface area contributed by atoms with Gasteiger partial charge in [-0.3, -0.25) is 15.2 Å². The van der Waals surface area contributed by atoms with Crippen LogP contribution in [0.4, 0.5) is 0 Å². The van der Waals surface area contributed by atoms with Gasteiger partial charge >= 0.3 is 0 Å². The van der Waals surface area contributed by atoms with Crippen molar-refractivity contribution in [2.45, 2.75) is 19.9 Å². The predicted octanol–water partition coefficient (Wildman–Crippen LogP) is -0.211. The van der Waals surface area contributed by atoms with Crippen LogP contribution in [0, 0.1) is 13.8 Å². The Labute approximate surface area is 94.5 Å². The van der Waals surface area contributed by atoms with Crippen molar-refractivity contribution in [2.24, 2.45) is 5.73 Å². The molecule has 1 aromatic rings. The van der Waals surface area contributed by atoms with Gasteiger partial charge < -0.3 is 10.5 Å². The Morgan fingerprint density at radius 2 is 2.31 bits per heavy atom. The van der Waals surface area contributed by atoms with Crippen LogP contribution in [-0.4, -0.2) is 36.4 Å². The van der Waals surface area contributed by atoms with E-state index in [0.29, 0.717) is 13.2 Å². The quantitative estimate of drug-likeness (QED) is 0.585. The van der Waals surface area contributed by atoms with Crippen molar-refractivity contribution in [2.75, 3.05) is 20.3 Å². The molecule has 0 aliphatic carbocycles. The molecule has 0 bridgehead atoms. The Balaban J connectivity index is 2.81. The van der Waals surface area contributed by atoms with Crippen LogP contribution in [0.2, 0.25) is 0 Å². The van der Waals surface area contributed by atoms with Gasteiger partial charge in [0.25, 0.3) is 0 Å². The first-order valence-electron chi connectivity index (χ1n) is 5.11. The number of ether oxygens (including phenoxy) is 1. The van der Waals surface area contributed by atoms with E-state index in [1.807, 2.05) is 13.8 Å². The monoisotopic (exact) mass is 226 g/mol. The lowest BCUT2D eigenvalue weighted by atomic mass is 10.0. The lowest BCUT2D eigenvalue weighted by Gasteiger charge is -2.15. The molecule has 1 aromatic heterocycles. The summed E-state index contributed by atoms with van der Waals surface area (Å²) in [6.07, 6.45) is 0. The molecule has 0 saturated heterocycles. The molecular weight excluding hydrogens is 208 g/mol. The fourth-order valence-corrected chi connectivity index (χ4v) is 1.64. The summed E-state index contributed by atoms with van der Waals surface area (Å²) in [5.74, 6) is -0.413. The fraction of sp³-hybridized carbons (Fsp3) is 0.600. The second-order valence-electron chi connectivity index (χ2n) is 3.63. The number of primary amides is 1. The topological polar surface area (TPSA) is 93.0 Å². The highest BCUT2D eigenvalue weighted by Gasteiger charge is 2.22. The minimum atomic E-state index is -0.520. The molecule has 1 rings (SSSR count). The third-order valence-corrected chi connectivity index (χ3v) is 2.41. The van der Waals surface area contributed by atoms with Crippen molar-refractivity contribution in [1.82, 2.24) is 15.5 Å². The first kappa shape index (κ1) is 12.7. The summed E-state index contributed by atoms with van der Waals surface area (Å²) in [5.41, 5.74) is 7.82. The third-order valence-electron chi connectivity index (χ3n) is 2.41. The summed E-state index contributed by atoms with van der Waals surface area (Å²) in [5, 5.41) is 9.92. The van der Waals surface area contributed by atoms with E-state index < -0.39 is 11.9 Å². The van der Waals surface area contributed by atoms with Gasteiger partial charge in [-0.1, -0.05) is 0 Å². The van der Waals surface area contributed by atoms with Crippen molar-refractivity contribution < 1.29 is 9.53 Å². The summed E-state index contributed by atoms with van der Waals surface area (Å²) < 4.78 is 4.91. The molecule has 6 nitrogen and oxygen atoms in total. The Hall–Kier alpha value is -1.40. The van der Waals surface area contributed by atoms with E-state index in [1.165, 1.54) is 0 Å². The van der Waals surface area contributed by atoms with Crippen LogP contribution < -0.4 is 11.1 Å². The Morgan fingerprint density at radius 1 is 1.62 bits per heavy atom. The van der Waals surface area contributed by atoms with Crippen LogP contribution in [-0.2, 0) is 9.53 Å². The number of aromatic amines is 1. The van der Waals surface area contributed by atoms with Gasteiger partial charge in [0.15, 0.2) is 0 Å². The maximum absolute atomic E-state index is 11.4. The van der Waals surface area contributed by atoms with Gasteiger partial charge in [-0.15, -0.1) is 0 Å². The van der Waals surface area contributed by atoms with E-state index in [0.717, 1.165) is 17.0 Å². The van der Waals surface area contributed by atoms with E-state index in [-0.39, 0.29) is 0 Å². The molecule has 0 fully saturated rings. The number of rotatable bonds is 6. The standard InChI is InChI=1S/C10H18N4O2/c1-6-8(7(2)14-13-6)9(10(11)15)12-4-5-16-3/h9,12H,4-5H2,1-3H3,(H2,11,15)(H,13,14). The zero-order valence-electron chi connectivity index (χ0n) is 9.83. The summed E-state index contributed by atoms with van der Waals surface area (Å²) in [6, 6.07) is -0.520. The highest BCUT2D eigenvalue weighted by molar-refractivity contribution is 5.82. The Kier molecular flexibility index (Phi) is 4.45. The minimum absolute atomic E-state index is 0.413. The summed E-state index contributed by atoms with van der Waals surface area (Å²) >= 11 is 0. The first-order valence-corrected chi connectivity index (χ1v) is 5.11. The van der Waals surface area contributed by atoms with E-state index in [1.54, 1.807) is 7.11 Å². The largest absolute Gasteiger partial charge is 0.383 e. The van der Waals surface area contributed by atoms with Crippen molar-refractivity contribution in [3.05, 3.63) is 17.0 Å². The zero-order chi connectivity index (χ0) is 12.1. The van der Waals surface area contributed by atoms with E-state index in [2.05, 4.69) is 15.5 Å². The van der Waals surface area contributed by atoms with Gasteiger partial charge in [0, 0.05) is 24.9 Å². The van der Waals surface area contributed by atoms with Crippen molar-refractivity contribution in [3.63, 3.8) is 0 Å². The molecule has 1 heterocycles. The zero-order valence-corrected chi connectivity index (χ0v) is 9.83. The van der Waals surface area contributed by atoms with E-state index >= 15 is 0 Å². The maximum Gasteiger partial charge on any atom is 0.239 e. The number of hydrogen-bond donors (Lipinski definition) is 3. The number of carbonyl (C=O) groups is 1. The molecule has 16 heavy (non-hydrogen) atoms. The van der Waals surface area contributed by atoms with Crippen LogP contribution in [0.15, 0.2) is 0 Å². The first-order chi connectivity index (χ1) is 7.57. The molecule has 0 saturated carbocycles. The number of nitrogens with one attached hydrogen (secondary N) is 2. The molecule has 1 atom stereocenters. The predicted molar refractivity (Wildman–Crippen MR) is 59.9 cm³/mol. The third kappa shape index (κ3) is 2.80. The Morgan fingerprint density at radius 3 is 2.75 bits per heavy atom. The maximum atomic E-state index is 11.4. The molecular formula is C10H18N4O2. The number of aromatic nitrogens is 2. The van der Waals surface area contributed by atoms with Crippen LogP contribution in [0.3, 0.4) is 0 Å². The normalized spacial score (nSPS) is 12.7. The summed E-state index contributed by atoms with van der Waals surface area (Å²) in [7, 11) is 1.61. The molecule has 0 radical (unpaired) electrons. The number of methoxy groups -OCH3 is 1. The number of nitrogens with two attached hydrogens (primary N) is 1. The van der Waals surface area contributed by atoms with Gasteiger partial charge in [0.1, 0.15) is 6.04 Å². The van der Waals surface area contributed by atoms with Gasteiger partial charge in [-0.25, -0.2) is 0 Å². The summed E-state index contributed by atoms with van der Waals surface area (Å²) in [6.45, 7) is 4.80. The smallest absolute Gasteiger partial charge is 0.239 e. The Bertz CT molecular complexity index is 342. The van der Waals surface area contributed by atoms with Crippen molar-refractivity contribution >= 4 is 5.91 Å². The molecule has 0 spiro atoms. The van der Waals surface area contributed by atoms with Gasteiger partial charge in [-0.2, -0.15) is 5.10 Å². The average Bonchev–Trinajstić information content (AvgIpc) is 2.54. The molecule has 0 aromatic carbocycles. The average molecular weight is 226 g/mol. The molecule has 4 N–H and O–H groups in total. The molecule has 6 heteroatoms. The number of nitrogens with zero attached hydrogens (tertiary/aromatic N) is 1. The van der Waals surface area contributed by atoms with E-state index in [9.17, 15) is 4.79 Å². The molecule has 1 unspecified atom stereocenters. The number of carbonyl (C=O) groups excluding carboxylic acids is 1. The SMILES string of the molecule is COCCNC(C(N)=O)c1c(C)n[nH]c1C. The van der Waals surface area contributed by atoms with Crippen molar-refractivity contribution in [1.29, 1.82) is 0 Å². The van der Waals surface area contributed by atoms with E-state index in [4.69, 9.17) is 10.5 Å². The summed E-state index contributed by atoms with van der Waals surface area (Å²) in [4.78, 5) is 11.4. The van der Waals surface area contributed by atoms with Crippen LogP contribution in [0.25, 0.3) is 0 Å². The number of aryl methyl sites for hydroxylation is 2. The van der Waals surface area contributed by atoms with Gasteiger partial charge in [-0.05, 0) is 13.8 Å². The fourth-order valence-electron chi connectivity index (χ4n) is 1.64. The number of amides is 1. The van der Waals surface area contributed by atoms with Crippen LogP contribution in [0.1, 0.15) is 23.0 Å². The van der Waals surface area contributed by atoms with Crippen molar-refractivity contribution in [3.8, 4) is 0 Å². The molecule has 1 amide bonds. The van der Waals surface area contributed by atoms with Crippen LogP contribution >= 0.6 is 0 Å². The van der Waals surface area contributed by atoms with Crippen LogP contribution in [0.5, 0.6) is 0 Å². The lowest BCUT2D eigenvalue weighted by Crippen LogP contribution is -2.36. The molecule has 90 valence electrons. The minimum Gasteiger partial charge on any atom is -0.383 e. The second kappa shape index (κ2) is 5.62. The lowest BCUT2D eigenvalue weighted by molar-refractivity contribution is -0.120. The molecule has 0 aliphatic heterocycles. The number of H-pyrrole nitrogens is 1. The highest BCUT2D eigenvalue weighted by atomic mass is 16.5. The molecule has 0 aliphatic rings. The van der Waals surface area contributed by atoms with Gasteiger partial charge in [0.2, 0.25) is 5.91 Å². The second-order valence-corrected chi connectivity index (χ2v) is 3.63. The van der Waals surface area contributed by atoms with Gasteiger partial charge in [0.05, 0.1) is 12.3 Å². The number of hydrogen-bond acceptors (Lipinski definition) is 4.